The lowest BCUT2D eigenvalue weighted by atomic mass is 10.1. The van der Waals surface area contributed by atoms with Crippen LogP contribution in [0.25, 0.3) is 5.69 Å². The van der Waals surface area contributed by atoms with Crippen molar-refractivity contribution < 1.29 is 5.11 Å². The highest BCUT2D eigenvalue weighted by atomic mass is 16.3. The molecule has 1 N–H and O–H groups in total. The molecule has 1 unspecified atom stereocenters. The van der Waals surface area contributed by atoms with E-state index in [4.69, 9.17) is 0 Å². The van der Waals surface area contributed by atoms with Crippen LogP contribution < -0.4 is 0 Å². The Hall–Kier alpha value is -2.47. The lowest BCUT2D eigenvalue weighted by Gasteiger charge is -2.05. The number of aliphatic hydroxyl groups excluding tert-OH is 1. The summed E-state index contributed by atoms with van der Waals surface area (Å²) in [5, 5.41) is 22.8. The Morgan fingerprint density at radius 1 is 1.14 bits per heavy atom. The molecule has 0 amide bonds. The third-order valence-corrected chi connectivity index (χ3v) is 3.30. The average molecular weight is 283 g/mol. The van der Waals surface area contributed by atoms with Crippen molar-refractivity contribution in [1.29, 1.82) is 0 Å². The Bertz CT molecular complexity index is 704. The molecular weight excluding hydrogens is 266 g/mol. The van der Waals surface area contributed by atoms with Gasteiger partial charge in [-0.2, -0.15) is 20.1 Å². The van der Waals surface area contributed by atoms with E-state index in [9.17, 15) is 5.11 Å². The first-order chi connectivity index (χ1) is 10.2. The predicted molar refractivity (Wildman–Crippen MR) is 77.8 cm³/mol. The first-order valence-electron chi connectivity index (χ1n) is 6.85. The zero-order valence-corrected chi connectivity index (χ0v) is 11.8. The molecular formula is C15H17N5O. The van der Waals surface area contributed by atoms with Crippen molar-refractivity contribution in [3.8, 4) is 5.69 Å². The van der Waals surface area contributed by atoms with Gasteiger partial charge in [0.2, 0.25) is 0 Å². The molecule has 0 aliphatic heterocycles. The third kappa shape index (κ3) is 3.17. The molecule has 3 aromatic rings. The highest BCUT2D eigenvalue weighted by molar-refractivity contribution is 5.28. The number of aromatic nitrogens is 5. The summed E-state index contributed by atoms with van der Waals surface area (Å²) in [6, 6.07) is 9.64. The highest BCUT2D eigenvalue weighted by Gasteiger charge is 2.13. The van der Waals surface area contributed by atoms with Gasteiger partial charge in [0.05, 0.1) is 24.2 Å². The smallest absolute Gasteiger partial charge is 0.112 e. The molecule has 0 saturated carbocycles. The van der Waals surface area contributed by atoms with E-state index in [1.165, 1.54) is 4.80 Å². The van der Waals surface area contributed by atoms with Crippen molar-refractivity contribution in [2.24, 2.45) is 7.05 Å². The van der Waals surface area contributed by atoms with E-state index >= 15 is 0 Å². The second-order valence-electron chi connectivity index (χ2n) is 4.97. The van der Waals surface area contributed by atoms with Crippen LogP contribution in [0.1, 0.15) is 23.8 Å². The Morgan fingerprint density at radius 2 is 1.95 bits per heavy atom. The van der Waals surface area contributed by atoms with Crippen molar-refractivity contribution in [2.75, 3.05) is 0 Å². The Labute approximate surface area is 122 Å². The number of aliphatic hydroxyl groups is 1. The van der Waals surface area contributed by atoms with Crippen LogP contribution in [-0.4, -0.2) is 29.9 Å². The van der Waals surface area contributed by atoms with Crippen molar-refractivity contribution in [3.05, 3.63) is 60.2 Å². The summed E-state index contributed by atoms with van der Waals surface area (Å²) in [4.78, 5) is 1.53. The summed E-state index contributed by atoms with van der Waals surface area (Å²) in [5.41, 5.74) is 2.57. The molecule has 21 heavy (non-hydrogen) atoms. The number of aryl methyl sites for hydroxylation is 2. The van der Waals surface area contributed by atoms with Crippen molar-refractivity contribution in [3.63, 3.8) is 0 Å². The molecule has 1 atom stereocenters. The van der Waals surface area contributed by atoms with Crippen LogP contribution in [0.5, 0.6) is 0 Å². The lowest BCUT2D eigenvalue weighted by molar-refractivity contribution is 0.162. The van der Waals surface area contributed by atoms with Crippen LogP contribution >= 0.6 is 0 Å². The summed E-state index contributed by atoms with van der Waals surface area (Å²) in [6.07, 6.45) is 6.11. The van der Waals surface area contributed by atoms with Gasteiger partial charge in [-0.25, -0.2) is 0 Å². The second kappa shape index (κ2) is 5.88. The SMILES string of the molecule is Cn1cc(CCC(O)c2cnn(-c3ccccc3)n2)cn1. The second-order valence-corrected chi connectivity index (χ2v) is 4.97. The molecule has 108 valence electrons. The molecule has 2 heterocycles. The van der Waals surface area contributed by atoms with Crippen LogP contribution in [0.2, 0.25) is 0 Å². The molecule has 0 radical (unpaired) electrons. The quantitative estimate of drug-likeness (QED) is 0.773. The molecule has 6 nitrogen and oxygen atoms in total. The molecule has 0 spiro atoms. The minimum Gasteiger partial charge on any atom is -0.387 e. The van der Waals surface area contributed by atoms with Gasteiger partial charge in [-0.15, -0.1) is 0 Å². The molecule has 2 aromatic heterocycles. The van der Waals surface area contributed by atoms with Gasteiger partial charge in [0.15, 0.2) is 0 Å². The molecule has 1 aromatic carbocycles. The van der Waals surface area contributed by atoms with Gasteiger partial charge in [0.1, 0.15) is 5.69 Å². The number of benzene rings is 1. The summed E-state index contributed by atoms with van der Waals surface area (Å²) < 4.78 is 1.76. The monoisotopic (exact) mass is 283 g/mol. The summed E-state index contributed by atoms with van der Waals surface area (Å²) >= 11 is 0. The van der Waals surface area contributed by atoms with Gasteiger partial charge < -0.3 is 5.11 Å². The minimum absolute atomic E-state index is 0.586. The standard InChI is InChI=1S/C15H17N5O/c1-19-11-12(9-16-19)7-8-15(21)14-10-17-20(18-14)13-5-3-2-4-6-13/h2-6,9-11,15,21H,7-8H2,1H3. The summed E-state index contributed by atoms with van der Waals surface area (Å²) in [7, 11) is 1.88. The third-order valence-electron chi connectivity index (χ3n) is 3.30. The molecule has 0 aliphatic carbocycles. The normalized spacial score (nSPS) is 12.5. The van der Waals surface area contributed by atoms with Crippen molar-refractivity contribution >= 4 is 0 Å². The lowest BCUT2D eigenvalue weighted by Crippen LogP contribution is -2.03. The van der Waals surface area contributed by atoms with E-state index in [2.05, 4.69) is 15.3 Å². The van der Waals surface area contributed by atoms with E-state index in [0.717, 1.165) is 17.7 Å². The van der Waals surface area contributed by atoms with Crippen LogP contribution in [0.4, 0.5) is 0 Å². The number of nitrogens with zero attached hydrogens (tertiary/aromatic N) is 5. The van der Waals surface area contributed by atoms with Gasteiger partial charge in [0.25, 0.3) is 0 Å². The van der Waals surface area contributed by atoms with Gasteiger partial charge >= 0.3 is 0 Å². The zero-order chi connectivity index (χ0) is 14.7. The maximum absolute atomic E-state index is 10.2. The molecule has 0 fully saturated rings. The van der Waals surface area contributed by atoms with Gasteiger partial charge in [-0.3, -0.25) is 4.68 Å². The first kappa shape index (κ1) is 13.5. The molecule has 3 rings (SSSR count). The summed E-state index contributed by atoms with van der Waals surface area (Å²) in [6.45, 7) is 0. The summed E-state index contributed by atoms with van der Waals surface area (Å²) in [5.74, 6) is 0. The molecule has 6 heteroatoms. The fraction of sp³-hybridized carbons (Fsp3) is 0.267. The van der Waals surface area contributed by atoms with Crippen LogP contribution in [0.15, 0.2) is 48.9 Å². The van der Waals surface area contributed by atoms with Gasteiger partial charge in [-0.05, 0) is 30.5 Å². The maximum Gasteiger partial charge on any atom is 0.112 e. The fourth-order valence-electron chi connectivity index (χ4n) is 2.17. The van der Waals surface area contributed by atoms with E-state index in [1.807, 2.05) is 49.8 Å². The Balaban J connectivity index is 1.65. The number of para-hydroxylation sites is 1. The Morgan fingerprint density at radius 3 is 2.67 bits per heavy atom. The first-order valence-corrected chi connectivity index (χ1v) is 6.85. The largest absolute Gasteiger partial charge is 0.387 e. The zero-order valence-electron chi connectivity index (χ0n) is 11.8. The predicted octanol–water partition coefficient (Wildman–Crippen LogP) is 1.67. The van der Waals surface area contributed by atoms with E-state index < -0.39 is 6.10 Å². The number of hydrogen-bond donors (Lipinski definition) is 1. The van der Waals surface area contributed by atoms with Crippen LogP contribution in [-0.2, 0) is 13.5 Å². The van der Waals surface area contributed by atoms with Crippen LogP contribution in [0, 0.1) is 0 Å². The minimum atomic E-state index is -0.623. The maximum atomic E-state index is 10.2. The average Bonchev–Trinajstić information content (AvgIpc) is 3.15. The highest BCUT2D eigenvalue weighted by Crippen LogP contribution is 2.17. The molecule has 0 saturated heterocycles. The number of rotatable bonds is 5. The van der Waals surface area contributed by atoms with E-state index in [0.29, 0.717) is 12.1 Å². The van der Waals surface area contributed by atoms with Crippen LogP contribution in [0.3, 0.4) is 0 Å². The van der Waals surface area contributed by atoms with Crippen molar-refractivity contribution in [2.45, 2.75) is 18.9 Å². The Kier molecular flexibility index (Phi) is 3.79. The molecule has 0 aliphatic rings. The number of hydrogen-bond acceptors (Lipinski definition) is 4. The molecule has 0 bridgehead atoms. The van der Waals surface area contributed by atoms with Gasteiger partial charge in [0, 0.05) is 13.2 Å². The van der Waals surface area contributed by atoms with Crippen molar-refractivity contribution in [1.82, 2.24) is 24.8 Å². The topological polar surface area (TPSA) is 68.8 Å². The van der Waals surface area contributed by atoms with Gasteiger partial charge in [-0.1, -0.05) is 18.2 Å². The fourth-order valence-corrected chi connectivity index (χ4v) is 2.17. The van der Waals surface area contributed by atoms with E-state index in [-0.39, 0.29) is 0 Å². The van der Waals surface area contributed by atoms with E-state index in [1.54, 1.807) is 10.9 Å².